The van der Waals surface area contributed by atoms with Crippen LogP contribution in [0.25, 0.3) is 16.8 Å². The second-order valence-corrected chi connectivity index (χ2v) is 10.5. The number of carbonyl (C=O) groups is 3. The largest absolute Gasteiger partial charge is 0.494 e. The van der Waals surface area contributed by atoms with Gasteiger partial charge in [-0.3, -0.25) is 14.9 Å². The molecular formula is C34H31BrN2O7. The van der Waals surface area contributed by atoms with Crippen LogP contribution in [0.1, 0.15) is 31.9 Å². The molecule has 1 saturated heterocycles. The van der Waals surface area contributed by atoms with Gasteiger partial charge in [0.25, 0.3) is 11.8 Å². The molecule has 0 spiro atoms. The lowest BCUT2D eigenvalue weighted by Crippen LogP contribution is -2.54. The van der Waals surface area contributed by atoms with Crippen molar-refractivity contribution < 1.29 is 33.3 Å². The predicted octanol–water partition coefficient (Wildman–Crippen LogP) is 7.04. The van der Waals surface area contributed by atoms with Gasteiger partial charge in [-0.1, -0.05) is 42.5 Å². The summed E-state index contributed by atoms with van der Waals surface area (Å²) < 4.78 is 24.0. The van der Waals surface area contributed by atoms with E-state index in [0.717, 1.165) is 21.2 Å². The smallest absolute Gasteiger partial charge is 0.336 e. The standard InChI is InChI=1S/C34H31BrN2O7/c1-4-41-24-14-15-29(42-5-2)28(19-24)37-33(39)26(32(38)36-34(37)40)16-21-17-27(35)31(30(18-21)43-6-3)44-20-23-12-9-11-22-10-7-8-13-25(22)23/h7-19H,4-6,20H2,1-3H3,(H,36,38,40)/b26-16+. The van der Waals surface area contributed by atoms with Gasteiger partial charge in [0, 0.05) is 6.07 Å². The number of nitrogens with zero attached hydrogens (tertiary/aromatic N) is 1. The van der Waals surface area contributed by atoms with Gasteiger partial charge < -0.3 is 18.9 Å². The fraction of sp³-hybridized carbons (Fsp3) is 0.206. The van der Waals surface area contributed by atoms with Gasteiger partial charge in [0.05, 0.1) is 30.0 Å². The Morgan fingerprint density at radius 2 is 1.52 bits per heavy atom. The Bertz CT molecular complexity index is 1760. The maximum absolute atomic E-state index is 13.7. The van der Waals surface area contributed by atoms with Crippen LogP contribution < -0.4 is 29.2 Å². The van der Waals surface area contributed by atoms with Gasteiger partial charge in [-0.25, -0.2) is 9.69 Å². The molecule has 0 bridgehead atoms. The first kappa shape index (κ1) is 30.6. The number of rotatable bonds is 11. The number of benzene rings is 4. The van der Waals surface area contributed by atoms with Gasteiger partial charge in [-0.05, 0) is 88.9 Å². The van der Waals surface area contributed by atoms with Crippen molar-refractivity contribution in [2.45, 2.75) is 27.4 Å². The van der Waals surface area contributed by atoms with E-state index in [2.05, 4.69) is 21.2 Å². The maximum atomic E-state index is 13.7. The number of anilines is 1. The lowest BCUT2D eigenvalue weighted by atomic mass is 10.1. The summed E-state index contributed by atoms with van der Waals surface area (Å²) in [6, 6.07) is 21.5. The number of halogens is 1. The summed E-state index contributed by atoms with van der Waals surface area (Å²) in [5.41, 5.74) is 1.41. The summed E-state index contributed by atoms with van der Waals surface area (Å²) in [5, 5.41) is 4.46. The lowest BCUT2D eigenvalue weighted by molar-refractivity contribution is -0.122. The Morgan fingerprint density at radius 1 is 0.795 bits per heavy atom. The van der Waals surface area contributed by atoms with Crippen molar-refractivity contribution >= 4 is 56.3 Å². The minimum absolute atomic E-state index is 0.159. The zero-order valence-electron chi connectivity index (χ0n) is 24.5. The van der Waals surface area contributed by atoms with Crippen molar-refractivity contribution in [3.63, 3.8) is 0 Å². The summed E-state index contributed by atoms with van der Waals surface area (Å²) in [7, 11) is 0. The molecule has 1 aliphatic rings. The third kappa shape index (κ3) is 6.40. The number of hydrogen-bond donors (Lipinski definition) is 1. The van der Waals surface area contributed by atoms with Crippen molar-refractivity contribution in [3.05, 3.63) is 94.0 Å². The van der Waals surface area contributed by atoms with Crippen LogP contribution in [-0.4, -0.2) is 37.7 Å². The second-order valence-electron chi connectivity index (χ2n) is 9.64. The monoisotopic (exact) mass is 658 g/mol. The molecule has 0 aliphatic carbocycles. The van der Waals surface area contributed by atoms with E-state index < -0.39 is 17.8 Å². The van der Waals surface area contributed by atoms with Crippen molar-refractivity contribution in [1.29, 1.82) is 0 Å². The molecule has 4 aromatic carbocycles. The SMILES string of the molecule is CCOc1ccc(OCC)c(N2C(=O)NC(=O)/C(=C\c3cc(Br)c(OCc4cccc5ccccc45)c(OCC)c3)C2=O)c1. The molecule has 4 aromatic rings. The highest BCUT2D eigenvalue weighted by Crippen LogP contribution is 2.39. The van der Waals surface area contributed by atoms with E-state index in [-0.39, 0.29) is 11.3 Å². The van der Waals surface area contributed by atoms with E-state index in [0.29, 0.717) is 59.5 Å². The van der Waals surface area contributed by atoms with E-state index in [1.807, 2.05) is 56.3 Å². The van der Waals surface area contributed by atoms with E-state index in [4.69, 9.17) is 18.9 Å². The molecule has 10 heteroatoms. The first-order valence-corrected chi connectivity index (χ1v) is 15.0. The Hall–Kier alpha value is -4.83. The third-order valence-electron chi connectivity index (χ3n) is 6.78. The zero-order chi connectivity index (χ0) is 31.2. The van der Waals surface area contributed by atoms with Crippen molar-refractivity contribution in [2.75, 3.05) is 24.7 Å². The molecule has 4 amide bonds. The van der Waals surface area contributed by atoms with Crippen LogP contribution in [0.3, 0.4) is 0 Å². The molecule has 0 aromatic heterocycles. The fourth-order valence-electron chi connectivity index (χ4n) is 4.89. The average Bonchev–Trinajstić information content (AvgIpc) is 3.00. The molecule has 1 N–H and O–H groups in total. The Balaban J connectivity index is 1.48. The van der Waals surface area contributed by atoms with Crippen molar-refractivity contribution in [1.82, 2.24) is 5.32 Å². The summed E-state index contributed by atoms with van der Waals surface area (Å²) in [4.78, 5) is 40.5. The van der Waals surface area contributed by atoms with Crippen LogP contribution in [0, 0.1) is 0 Å². The quantitative estimate of drug-likeness (QED) is 0.136. The number of barbiturate groups is 1. The Kier molecular flexibility index (Phi) is 9.50. The van der Waals surface area contributed by atoms with Gasteiger partial charge in [-0.2, -0.15) is 0 Å². The molecule has 44 heavy (non-hydrogen) atoms. The van der Waals surface area contributed by atoms with E-state index in [1.54, 1.807) is 31.2 Å². The van der Waals surface area contributed by atoms with Crippen LogP contribution in [0.5, 0.6) is 23.0 Å². The number of ether oxygens (including phenoxy) is 4. The molecule has 1 aliphatic heterocycles. The van der Waals surface area contributed by atoms with Gasteiger partial charge in [0.2, 0.25) is 0 Å². The summed E-state index contributed by atoms with van der Waals surface area (Å²) >= 11 is 3.58. The van der Waals surface area contributed by atoms with E-state index >= 15 is 0 Å². The van der Waals surface area contributed by atoms with Crippen LogP contribution in [0.2, 0.25) is 0 Å². The van der Waals surface area contributed by atoms with Crippen LogP contribution in [0.15, 0.2) is 82.8 Å². The number of carbonyl (C=O) groups excluding carboxylic acids is 3. The van der Waals surface area contributed by atoms with Gasteiger partial charge in [-0.15, -0.1) is 0 Å². The molecular weight excluding hydrogens is 628 g/mol. The highest BCUT2D eigenvalue weighted by atomic mass is 79.9. The Morgan fingerprint density at radius 3 is 2.30 bits per heavy atom. The molecule has 9 nitrogen and oxygen atoms in total. The molecule has 0 atom stereocenters. The number of imide groups is 2. The third-order valence-corrected chi connectivity index (χ3v) is 7.37. The molecule has 1 heterocycles. The minimum Gasteiger partial charge on any atom is -0.494 e. The molecule has 0 unspecified atom stereocenters. The minimum atomic E-state index is -0.889. The topological polar surface area (TPSA) is 103 Å². The maximum Gasteiger partial charge on any atom is 0.336 e. The summed E-state index contributed by atoms with van der Waals surface area (Å²) in [6.45, 7) is 6.79. The van der Waals surface area contributed by atoms with Crippen LogP contribution >= 0.6 is 15.9 Å². The second kappa shape index (κ2) is 13.6. The first-order valence-electron chi connectivity index (χ1n) is 14.2. The van der Waals surface area contributed by atoms with Gasteiger partial charge in [0.1, 0.15) is 23.7 Å². The number of amides is 4. The van der Waals surface area contributed by atoms with Gasteiger partial charge in [0.15, 0.2) is 11.5 Å². The molecule has 226 valence electrons. The first-order chi connectivity index (χ1) is 21.3. The van der Waals surface area contributed by atoms with Crippen molar-refractivity contribution in [2.24, 2.45) is 0 Å². The number of urea groups is 1. The van der Waals surface area contributed by atoms with E-state index in [9.17, 15) is 14.4 Å². The van der Waals surface area contributed by atoms with E-state index in [1.165, 1.54) is 12.1 Å². The number of nitrogens with one attached hydrogen (secondary N) is 1. The average molecular weight is 660 g/mol. The van der Waals surface area contributed by atoms with Gasteiger partial charge >= 0.3 is 6.03 Å². The van der Waals surface area contributed by atoms with Crippen LogP contribution in [-0.2, 0) is 16.2 Å². The fourth-order valence-corrected chi connectivity index (χ4v) is 5.47. The zero-order valence-corrected chi connectivity index (χ0v) is 26.1. The predicted molar refractivity (Wildman–Crippen MR) is 171 cm³/mol. The Labute approximate surface area is 263 Å². The highest BCUT2D eigenvalue weighted by molar-refractivity contribution is 9.10. The number of fused-ring (bicyclic) bond motifs is 1. The molecule has 0 radical (unpaired) electrons. The number of hydrogen-bond acceptors (Lipinski definition) is 7. The molecule has 5 rings (SSSR count). The summed E-state index contributed by atoms with van der Waals surface area (Å²) in [6.07, 6.45) is 1.41. The van der Waals surface area contributed by atoms with Crippen LogP contribution in [0.4, 0.5) is 10.5 Å². The normalized spacial score (nSPS) is 14.1. The molecule has 1 fully saturated rings. The van der Waals surface area contributed by atoms with Crippen molar-refractivity contribution in [3.8, 4) is 23.0 Å². The highest BCUT2D eigenvalue weighted by Gasteiger charge is 2.38. The summed E-state index contributed by atoms with van der Waals surface area (Å²) in [5.74, 6) is 0.0145. The molecule has 0 saturated carbocycles. The lowest BCUT2D eigenvalue weighted by Gasteiger charge is -2.28.